The number of nitrogens with zero attached hydrogens (tertiary/aromatic N) is 2. The third-order valence-corrected chi connectivity index (χ3v) is 4.32. The van der Waals surface area contributed by atoms with Gasteiger partial charge in [-0.25, -0.2) is 0 Å². The van der Waals surface area contributed by atoms with Crippen LogP contribution >= 0.6 is 23.2 Å². The molecule has 1 N–H and O–H groups in total. The second kappa shape index (κ2) is 6.60. The Hall–Kier alpha value is -2.41. The van der Waals surface area contributed by atoms with Gasteiger partial charge in [0.25, 0.3) is 5.69 Å². The zero-order chi connectivity index (χ0) is 17.3. The summed E-state index contributed by atoms with van der Waals surface area (Å²) in [6.07, 6.45) is 0. The number of aliphatic hydroxyl groups excluding tert-OH is 1. The van der Waals surface area contributed by atoms with Gasteiger partial charge in [0.05, 0.1) is 32.7 Å². The monoisotopic (exact) mass is 364 g/mol. The Kier molecular flexibility index (Phi) is 4.53. The molecule has 0 unspecified atom stereocenters. The minimum absolute atomic E-state index is 0.135. The highest BCUT2D eigenvalue weighted by Crippen LogP contribution is 2.40. The molecule has 0 aliphatic carbocycles. The largest absolute Gasteiger partial charge is 0.391 e. The van der Waals surface area contributed by atoms with E-state index in [2.05, 4.69) is 5.16 Å². The van der Waals surface area contributed by atoms with Gasteiger partial charge in [-0.2, -0.15) is 0 Å². The van der Waals surface area contributed by atoms with Crippen molar-refractivity contribution in [2.45, 2.75) is 6.61 Å². The molecule has 6 nitrogen and oxygen atoms in total. The molecule has 3 rings (SSSR count). The number of hydrogen-bond acceptors (Lipinski definition) is 5. The SMILES string of the molecule is O=[N+]([O-])c1ccccc1-c1noc(-c2cccc(Cl)c2Cl)c1CO. The van der Waals surface area contributed by atoms with E-state index in [9.17, 15) is 15.2 Å². The van der Waals surface area contributed by atoms with Gasteiger partial charge in [0.2, 0.25) is 0 Å². The number of benzene rings is 2. The molecule has 0 spiro atoms. The summed E-state index contributed by atoms with van der Waals surface area (Å²) < 4.78 is 5.32. The van der Waals surface area contributed by atoms with Crippen LogP contribution < -0.4 is 0 Å². The minimum atomic E-state index is -0.517. The Labute approximate surface area is 146 Å². The van der Waals surface area contributed by atoms with E-state index >= 15 is 0 Å². The lowest BCUT2D eigenvalue weighted by atomic mass is 10.0. The normalized spacial score (nSPS) is 10.8. The number of aromatic nitrogens is 1. The maximum absolute atomic E-state index is 11.2. The van der Waals surface area contributed by atoms with Gasteiger partial charge < -0.3 is 9.63 Å². The van der Waals surface area contributed by atoms with E-state index in [1.807, 2.05) is 0 Å². The molecule has 0 amide bonds. The van der Waals surface area contributed by atoms with Crippen LogP contribution in [0.1, 0.15) is 5.56 Å². The molecule has 0 atom stereocenters. The van der Waals surface area contributed by atoms with E-state index in [0.717, 1.165) is 0 Å². The van der Waals surface area contributed by atoms with Crippen LogP contribution in [0, 0.1) is 10.1 Å². The number of aliphatic hydroxyl groups is 1. The van der Waals surface area contributed by atoms with Gasteiger partial charge in [0.1, 0.15) is 5.69 Å². The summed E-state index contributed by atoms with van der Waals surface area (Å²) >= 11 is 12.2. The van der Waals surface area contributed by atoms with Crippen molar-refractivity contribution in [2.75, 3.05) is 0 Å². The molecule has 0 saturated carbocycles. The van der Waals surface area contributed by atoms with Crippen molar-refractivity contribution in [3.05, 3.63) is 68.2 Å². The van der Waals surface area contributed by atoms with E-state index < -0.39 is 11.5 Å². The van der Waals surface area contributed by atoms with Crippen molar-refractivity contribution in [3.63, 3.8) is 0 Å². The van der Waals surface area contributed by atoms with E-state index in [4.69, 9.17) is 27.7 Å². The molecule has 24 heavy (non-hydrogen) atoms. The van der Waals surface area contributed by atoms with Crippen molar-refractivity contribution in [1.82, 2.24) is 5.16 Å². The fourth-order valence-corrected chi connectivity index (χ4v) is 2.78. The van der Waals surface area contributed by atoms with Gasteiger partial charge in [-0.3, -0.25) is 10.1 Å². The molecule has 2 aromatic carbocycles. The molecule has 1 heterocycles. The zero-order valence-corrected chi connectivity index (χ0v) is 13.6. The van der Waals surface area contributed by atoms with Crippen molar-refractivity contribution >= 4 is 28.9 Å². The van der Waals surface area contributed by atoms with Crippen LogP contribution in [0.5, 0.6) is 0 Å². The lowest BCUT2D eigenvalue weighted by Gasteiger charge is -2.05. The maximum atomic E-state index is 11.2. The third-order valence-electron chi connectivity index (χ3n) is 3.50. The van der Waals surface area contributed by atoms with Gasteiger partial charge in [0.15, 0.2) is 5.76 Å². The van der Waals surface area contributed by atoms with E-state index in [-0.39, 0.29) is 27.7 Å². The molecule has 3 aromatic rings. The summed E-state index contributed by atoms with van der Waals surface area (Å²) in [6, 6.07) is 11.1. The molecule has 0 fully saturated rings. The van der Waals surface area contributed by atoms with Crippen LogP contribution in [0.3, 0.4) is 0 Å². The van der Waals surface area contributed by atoms with Gasteiger partial charge in [-0.05, 0) is 18.2 Å². The first-order chi connectivity index (χ1) is 11.5. The Morgan fingerprint density at radius 1 is 1.12 bits per heavy atom. The summed E-state index contributed by atoms with van der Waals surface area (Å²) in [6.45, 7) is -0.428. The van der Waals surface area contributed by atoms with Crippen molar-refractivity contribution < 1.29 is 14.6 Å². The van der Waals surface area contributed by atoms with E-state index in [0.29, 0.717) is 16.1 Å². The predicted molar refractivity (Wildman–Crippen MR) is 90.0 cm³/mol. The standard InChI is InChI=1S/C16H10Cl2N2O4/c17-12-6-3-5-10(14(12)18)16-11(8-21)15(19-24-16)9-4-1-2-7-13(9)20(22)23/h1-7,21H,8H2. The van der Waals surface area contributed by atoms with Gasteiger partial charge in [-0.15, -0.1) is 0 Å². The first-order valence-electron chi connectivity index (χ1n) is 6.82. The van der Waals surface area contributed by atoms with Crippen molar-refractivity contribution in [3.8, 4) is 22.6 Å². The third kappa shape index (κ3) is 2.75. The molecule has 0 bridgehead atoms. The fourth-order valence-electron chi connectivity index (χ4n) is 2.39. The quantitative estimate of drug-likeness (QED) is 0.534. The van der Waals surface area contributed by atoms with Gasteiger partial charge in [-0.1, -0.05) is 46.6 Å². The summed E-state index contributed by atoms with van der Waals surface area (Å²) in [7, 11) is 0. The molecule has 0 saturated heterocycles. The number of halogens is 2. The Balaban J connectivity index is 2.22. The first kappa shape index (κ1) is 16.4. The number of hydrogen-bond donors (Lipinski definition) is 1. The number of rotatable bonds is 4. The minimum Gasteiger partial charge on any atom is -0.391 e. The lowest BCUT2D eigenvalue weighted by Crippen LogP contribution is -1.95. The molecular formula is C16H10Cl2N2O4. The second-order valence-electron chi connectivity index (χ2n) is 4.87. The van der Waals surface area contributed by atoms with Gasteiger partial charge >= 0.3 is 0 Å². The van der Waals surface area contributed by atoms with Crippen LogP contribution in [0.2, 0.25) is 10.0 Å². The predicted octanol–water partition coefficient (Wildman–Crippen LogP) is 4.72. The molecule has 8 heteroatoms. The van der Waals surface area contributed by atoms with Crippen LogP contribution in [-0.2, 0) is 6.61 Å². The summed E-state index contributed by atoms with van der Waals surface area (Å²) in [5, 5.41) is 25.4. The fraction of sp³-hybridized carbons (Fsp3) is 0.0625. The number of nitro groups is 1. The lowest BCUT2D eigenvalue weighted by molar-refractivity contribution is -0.384. The molecule has 0 aliphatic heterocycles. The summed E-state index contributed by atoms with van der Waals surface area (Å²) in [4.78, 5) is 10.7. The maximum Gasteiger partial charge on any atom is 0.278 e. The smallest absolute Gasteiger partial charge is 0.278 e. The van der Waals surface area contributed by atoms with Crippen LogP contribution in [-0.4, -0.2) is 15.2 Å². The Morgan fingerprint density at radius 3 is 2.54 bits per heavy atom. The number of para-hydroxylation sites is 1. The van der Waals surface area contributed by atoms with Crippen molar-refractivity contribution in [2.24, 2.45) is 0 Å². The topological polar surface area (TPSA) is 89.4 Å². The van der Waals surface area contributed by atoms with Gasteiger partial charge in [0, 0.05) is 11.6 Å². The average Bonchev–Trinajstić information content (AvgIpc) is 3.00. The van der Waals surface area contributed by atoms with Crippen LogP contribution in [0.4, 0.5) is 5.69 Å². The molecular weight excluding hydrogens is 355 g/mol. The first-order valence-corrected chi connectivity index (χ1v) is 7.57. The molecule has 122 valence electrons. The highest BCUT2D eigenvalue weighted by atomic mass is 35.5. The summed E-state index contributed by atoms with van der Waals surface area (Å²) in [5.41, 5.74) is 1.05. The molecule has 0 radical (unpaired) electrons. The zero-order valence-electron chi connectivity index (χ0n) is 12.1. The van der Waals surface area contributed by atoms with Crippen LogP contribution in [0.25, 0.3) is 22.6 Å². The molecule has 0 aliphatic rings. The molecule has 1 aromatic heterocycles. The Bertz CT molecular complexity index is 924. The number of nitro benzene ring substituents is 1. The second-order valence-corrected chi connectivity index (χ2v) is 5.66. The van der Waals surface area contributed by atoms with Crippen LogP contribution in [0.15, 0.2) is 47.0 Å². The average molecular weight is 365 g/mol. The highest BCUT2D eigenvalue weighted by molar-refractivity contribution is 6.43. The Morgan fingerprint density at radius 2 is 1.83 bits per heavy atom. The summed E-state index contributed by atoms with van der Waals surface area (Å²) in [5.74, 6) is 0.221. The van der Waals surface area contributed by atoms with Crippen molar-refractivity contribution in [1.29, 1.82) is 0 Å². The highest BCUT2D eigenvalue weighted by Gasteiger charge is 2.25. The van der Waals surface area contributed by atoms with E-state index in [1.165, 1.54) is 6.07 Å². The van der Waals surface area contributed by atoms with E-state index in [1.54, 1.807) is 36.4 Å².